The van der Waals surface area contributed by atoms with Crippen molar-refractivity contribution in [2.24, 2.45) is 0 Å². The van der Waals surface area contributed by atoms with E-state index in [1.54, 1.807) is 18.2 Å². The van der Waals surface area contributed by atoms with Gasteiger partial charge in [-0.15, -0.1) is 0 Å². The van der Waals surface area contributed by atoms with E-state index < -0.39 is 6.04 Å². The summed E-state index contributed by atoms with van der Waals surface area (Å²) < 4.78 is 19.0. The van der Waals surface area contributed by atoms with Crippen molar-refractivity contribution in [1.82, 2.24) is 10.2 Å². The zero-order valence-corrected chi connectivity index (χ0v) is 17.4. The number of hydrogen-bond acceptors (Lipinski definition) is 3. The minimum atomic E-state index is -0.643. The van der Waals surface area contributed by atoms with Crippen LogP contribution in [0.2, 0.25) is 0 Å². The maximum Gasteiger partial charge on any atom is 0.261 e. The molecule has 0 saturated carbocycles. The molecule has 0 unspecified atom stereocenters. The Morgan fingerprint density at radius 2 is 1.76 bits per heavy atom. The smallest absolute Gasteiger partial charge is 0.261 e. The van der Waals surface area contributed by atoms with E-state index in [1.165, 1.54) is 17.0 Å². The molecule has 2 aromatic rings. The normalized spacial score (nSPS) is 11.8. The number of carbonyl (C=O) groups is 2. The second-order valence-corrected chi connectivity index (χ2v) is 7.29. The van der Waals surface area contributed by atoms with Gasteiger partial charge in [-0.25, -0.2) is 4.39 Å². The predicted molar refractivity (Wildman–Crippen MR) is 111 cm³/mol. The molecule has 156 valence electrons. The van der Waals surface area contributed by atoms with Crippen LogP contribution < -0.4 is 10.1 Å². The molecular formula is C23H29FN2O3. The van der Waals surface area contributed by atoms with Crippen molar-refractivity contribution in [3.63, 3.8) is 0 Å². The molecule has 0 radical (unpaired) electrons. The number of hydrogen-bond donors (Lipinski definition) is 1. The minimum Gasteiger partial charge on any atom is -0.484 e. The topological polar surface area (TPSA) is 58.6 Å². The van der Waals surface area contributed by atoms with Crippen molar-refractivity contribution in [2.75, 3.05) is 6.61 Å². The molecule has 5 nitrogen and oxygen atoms in total. The highest BCUT2D eigenvalue weighted by atomic mass is 19.1. The summed E-state index contributed by atoms with van der Waals surface area (Å²) in [6.45, 7) is 7.52. The number of ether oxygens (including phenoxy) is 1. The van der Waals surface area contributed by atoms with Crippen LogP contribution in [0.25, 0.3) is 0 Å². The number of benzene rings is 2. The number of halogens is 1. The standard InChI is InChI=1S/C23H29FN2O3/c1-5-20(23(28)25-16(2)3)26(14-18-10-12-19(24)13-11-18)22(27)15-29-21-9-7-6-8-17(21)4/h6-13,16,20H,5,14-15H2,1-4H3,(H,25,28)/t20-/m1/s1. The molecule has 1 N–H and O–H groups in total. The van der Waals surface area contributed by atoms with Gasteiger partial charge < -0.3 is 15.0 Å². The molecule has 29 heavy (non-hydrogen) atoms. The number of rotatable bonds is 9. The first-order valence-corrected chi connectivity index (χ1v) is 9.84. The third kappa shape index (κ3) is 6.59. The number of aryl methyl sites for hydroxylation is 1. The van der Waals surface area contributed by atoms with E-state index >= 15 is 0 Å². The second-order valence-electron chi connectivity index (χ2n) is 7.29. The van der Waals surface area contributed by atoms with E-state index in [9.17, 15) is 14.0 Å². The molecule has 0 aliphatic carbocycles. The number of carbonyl (C=O) groups excluding carboxylic acids is 2. The Kier molecular flexibility index (Phi) is 8.19. The van der Waals surface area contributed by atoms with Crippen molar-refractivity contribution in [3.05, 3.63) is 65.5 Å². The van der Waals surface area contributed by atoms with Crippen LogP contribution in [0, 0.1) is 12.7 Å². The molecule has 0 saturated heterocycles. The van der Waals surface area contributed by atoms with Crippen molar-refractivity contribution < 1.29 is 18.7 Å². The van der Waals surface area contributed by atoms with Gasteiger partial charge in [-0.3, -0.25) is 9.59 Å². The Bertz CT molecular complexity index is 821. The number of nitrogens with zero attached hydrogens (tertiary/aromatic N) is 1. The van der Waals surface area contributed by atoms with Crippen molar-refractivity contribution in [1.29, 1.82) is 0 Å². The SMILES string of the molecule is CC[C@H](C(=O)NC(C)C)N(Cc1ccc(F)cc1)C(=O)COc1ccccc1C. The third-order valence-corrected chi connectivity index (χ3v) is 4.53. The molecule has 0 bridgehead atoms. The number of amides is 2. The number of nitrogens with one attached hydrogen (secondary N) is 1. The molecule has 0 fully saturated rings. The van der Waals surface area contributed by atoms with Gasteiger partial charge in [0.05, 0.1) is 0 Å². The Morgan fingerprint density at radius 3 is 2.34 bits per heavy atom. The van der Waals surface area contributed by atoms with Gasteiger partial charge in [0.15, 0.2) is 6.61 Å². The fourth-order valence-electron chi connectivity index (χ4n) is 3.03. The summed E-state index contributed by atoms with van der Waals surface area (Å²) in [6.07, 6.45) is 0.454. The van der Waals surface area contributed by atoms with Gasteiger partial charge in [0.25, 0.3) is 5.91 Å². The van der Waals surface area contributed by atoms with Gasteiger partial charge >= 0.3 is 0 Å². The Balaban J connectivity index is 2.21. The molecule has 1 atom stereocenters. The van der Waals surface area contributed by atoms with Crippen LogP contribution in [0.5, 0.6) is 5.75 Å². The van der Waals surface area contributed by atoms with Crippen molar-refractivity contribution in [3.8, 4) is 5.75 Å². The van der Waals surface area contributed by atoms with Crippen LogP contribution >= 0.6 is 0 Å². The van der Waals surface area contributed by atoms with E-state index in [0.29, 0.717) is 12.2 Å². The van der Waals surface area contributed by atoms with Crippen LogP contribution in [0.1, 0.15) is 38.3 Å². The molecule has 0 aliphatic heterocycles. The van der Waals surface area contributed by atoms with Gasteiger partial charge in [0.2, 0.25) is 5.91 Å². The van der Waals surface area contributed by atoms with Gasteiger partial charge in [0.1, 0.15) is 17.6 Å². The largest absolute Gasteiger partial charge is 0.484 e. The lowest BCUT2D eigenvalue weighted by molar-refractivity contribution is -0.143. The predicted octanol–water partition coefficient (Wildman–Crippen LogP) is 3.84. The second kappa shape index (κ2) is 10.6. The highest BCUT2D eigenvalue weighted by molar-refractivity contribution is 5.88. The molecule has 0 aromatic heterocycles. The Labute approximate surface area is 171 Å². The molecule has 2 aromatic carbocycles. The zero-order chi connectivity index (χ0) is 21.4. The first-order chi connectivity index (χ1) is 13.8. The highest BCUT2D eigenvalue weighted by Crippen LogP contribution is 2.18. The van der Waals surface area contributed by atoms with Crippen LogP contribution in [-0.2, 0) is 16.1 Å². The van der Waals surface area contributed by atoms with E-state index in [-0.39, 0.29) is 36.8 Å². The maximum absolute atomic E-state index is 13.3. The lowest BCUT2D eigenvalue weighted by Crippen LogP contribution is -2.51. The lowest BCUT2D eigenvalue weighted by atomic mass is 10.1. The molecule has 0 spiro atoms. The van der Waals surface area contributed by atoms with Crippen molar-refractivity contribution >= 4 is 11.8 Å². The molecular weight excluding hydrogens is 371 g/mol. The fraction of sp³-hybridized carbons (Fsp3) is 0.391. The van der Waals surface area contributed by atoms with E-state index in [0.717, 1.165) is 11.1 Å². The molecule has 2 rings (SSSR count). The van der Waals surface area contributed by atoms with Crippen molar-refractivity contribution in [2.45, 2.75) is 52.7 Å². The summed E-state index contributed by atoms with van der Waals surface area (Å²) >= 11 is 0. The highest BCUT2D eigenvalue weighted by Gasteiger charge is 2.29. The summed E-state index contributed by atoms with van der Waals surface area (Å²) in [6, 6.07) is 12.7. The van der Waals surface area contributed by atoms with Gasteiger partial charge in [-0.1, -0.05) is 37.3 Å². The summed E-state index contributed by atoms with van der Waals surface area (Å²) in [5.41, 5.74) is 1.67. The summed E-state index contributed by atoms with van der Waals surface area (Å²) in [5, 5.41) is 2.87. The molecule has 0 heterocycles. The minimum absolute atomic E-state index is 0.0393. The van der Waals surface area contributed by atoms with Crippen LogP contribution in [0.3, 0.4) is 0 Å². The summed E-state index contributed by atoms with van der Waals surface area (Å²) in [7, 11) is 0. The zero-order valence-electron chi connectivity index (χ0n) is 17.4. The van der Waals surface area contributed by atoms with Gasteiger partial charge in [-0.2, -0.15) is 0 Å². The molecule has 2 amide bonds. The Hall–Kier alpha value is -2.89. The summed E-state index contributed by atoms with van der Waals surface area (Å²) in [4.78, 5) is 27.2. The Morgan fingerprint density at radius 1 is 1.10 bits per heavy atom. The third-order valence-electron chi connectivity index (χ3n) is 4.53. The maximum atomic E-state index is 13.3. The van der Waals surface area contributed by atoms with Gasteiger partial charge in [-0.05, 0) is 56.5 Å². The summed E-state index contributed by atoms with van der Waals surface area (Å²) in [5.74, 6) is -0.237. The quantitative estimate of drug-likeness (QED) is 0.696. The monoisotopic (exact) mass is 400 g/mol. The average molecular weight is 400 g/mol. The number of para-hydroxylation sites is 1. The van der Waals surface area contributed by atoms with Gasteiger partial charge in [0, 0.05) is 12.6 Å². The fourth-order valence-corrected chi connectivity index (χ4v) is 3.03. The lowest BCUT2D eigenvalue weighted by Gasteiger charge is -2.31. The molecule has 6 heteroatoms. The first-order valence-electron chi connectivity index (χ1n) is 9.84. The van der Waals surface area contributed by atoms with E-state index in [4.69, 9.17) is 4.74 Å². The molecule has 0 aliphatic rings. The average Bonchev–Trinajstić information content (AvgIpc) is 2.68. The van der Waals surface area contributed by atoms with E-state index in [2.05, 4.69) is 5.32 Å². The van der Waals surface area contributed by atoms with Crippen LogP contribution in [0.15, 0.2) is 48.5 Å². The van der Waals surface area contributed by atoms with E-state index in [1.807, 2.05) is 45.9 Å². The van der Waals surface area contributed by atoms with Crippen LogP contribution in [-0.4, -0.2) is 35.4 Å². The first kappa shape index (κ1) is 22.4. The van der Waals surface area contributed by atoms with Crippen LogP contribution in [0.4, 0.5) is 4.39 Å².